The van der Waals surface area contributed by atoms with E-state index in [1.807, 2.05) is 0 Å². The zero-order valence-electron chi connectivity index (χ0n) is 18.8. The molecule has 1 atom stereocenters. The number of aliphatic hydroxyl groups excluding tert-OH is 2. The summed E-state index contributed by atoms with van der Waals surface area (Å²) >= 11 is 1.79. The van der Waals surface area contributed by atoms with Gasteiger partial charge >= 0.3 is 0 Å². The van der Waals surface area contributed by atoms with Crippen LogP contribution < -0.4 is 0 Å². The molecule has 0 amide bonds. The molecule has 2 N–H and O–H groups in total. The number of fused-ring (bicyclic) bond motifs is 1. The molecule has 1 aliphatic heterocycles. The smallest absolute Gasteiger partial charge is 0.0964 e. The number of thiazole rings is 1. The van der Waals surface area contributed by atoms with E-state index in [1.54, 1.807) is 11.3 Å². The van der Waals surface area contributed by atoms with Crippen LogP contribution in [0.25, 0.3) is 11.3 Å². The molecule has 4 nitrogen and oxygen atoms in total. The van der Waals surface area contributed by atoms with Gasteiger partial charge in [0.25, 0.3) is 0 Å². The van der Waals surface area contributed by atoms with Crippen molar-refractivity contribution in [3.8, 4) is 11.3 Å². The van der Waals surface area contributed by atoms with Crippen LogP contribution in [0, 0.1) is 0 Å². The van der Waals surface area contributed by atoms with Crippen molar-refractivity contribution < 1.29 is 10.2 Å². The number of aromatic nitrogens is 1. The van der Waals surface area contributed by atoms with Crippen molar-refractivity contribution in [3.63, 3.8) is 0 Å². The fraction of sp³-hybridized carbons (Fsp3) is 0.640. The molecule has 1 aliphatic carbocycles. The second-order valence-corrected chi connectivity index (χ2v) is 11.4. The molecular formula is C25H36N2O2S. The van der Waals surface area contributed by atoms with Crippen molar-refractivity contribution in [3.05, 3.63) is 39.7 Å². The summed E-state index contributed by atoms with van der Waals surface area (Å²) in [6.07, 6.45) is 3.96. The molecule has 0 unspecified atom stereocenters. The zero-order chi connectivity index (χ0) is 21.5. The van der Waals surface area contributed by atoms with Gasteiger partial charge in [0, 0.05) is 23.4 Å². The zero-order valence-corrected chi connectivity index (χ0v) is 19.6. The molecule has 0 spiro atoms. The lowest BCUT2D eigenvalue weighted by atomic mass is 9.63. The van der Waals surface area contributed by atoms with Crippen LogP contribution in [0.2, 0.25) is 0 Å². The molecule has 2 heterocycles. The van der Waals surface area contributed by atoms with Crippen molar-refractivity contribution in [2.75, 3.05) is 26.2 Å². The molecule has 1 aromatic carbocycles. The Morgan fingerprint density at radius 1 is 1.10 bits per heavy atom. The third kappa shape index (κ3) is 4.36. The molecule has 164 valence electrons. The molecule has 1 aromatic heterocycles. The van der Waals surface area contributed by atoms with E-state index in [2.05, 4.69) is 56.2 Å². The highest BCUT2D eigenvalue weighted by atomic mass is 32.1. The van der Waals surface area contributed by atoms with Gasteiger partial charge in [-0.1, -0.05) is 39.8 Å². The van der Waals surface area contributed by atoms with Gasteiger partial charge in [-0.15, -0.1) is 11.3 Å². The number of nitrogens with zero attached hydrogens (tertiary/aromatic N) is 2. The van der Waals surface area contributed by atoms with Gasteiger partial charge in [0.1, 0.15) is 0 Å². The molecule has 0 radical (unpaired) electrons. The summed E-state index contributed by atoms with van der Waals surface area (Å²) < 4.78 is 0. The number of likely N-dealkylation sites (tertiary alicyclic amines) is 1. The third-order valence-corrected chi connectivity index (χ3v) is 8.29. The Kier molecular flexibility index (Phi) is 6.10. The minimum atomic E-state index is -0.633. The Labute approximate surface area is 185 Å². The summed E-state index contributed by atoms with van der Waals surface area (Å²) in [6, 6.07) is 7.00. The summed E-state index contributed by atoms with van der Waals surface area (Å²) in [7, 11) is 0. The molecule has 4 rings (SSSR count). The Bertz CT molecular complexity index is 881. The number of aliphatic hydroxyl groups is 2. The van der Waals surface area contributed by atoms with Gasteiger partial charge in [-0.05, 0) is 66.8 Å². The summed E-state index contributed by atoms with van der Waals surface area (Å²) in [5, 5.41) is 22.2. The lowest BCUT2D eigenvalue weighted by Crippen LogP contribution is -2.39. The molecule has 1 saturated heterocycles. The largest absolute Gasteiger partial charge is 0.394 e. The van der Waals surface area contributed by atoms with Crippen LogP contribution >= 0.6 is 11.3 Å². The minimum Gasteiger partial charge on any atom is -0.394 e. The fourth-order valence-corrected chi connectivity index (χ4v) is 6.07. The van der Waals surface area contributed by atoms with E-state index in [4.69, 9.17) is 10.1 Å². The summed E-state index contributed by atoms with van der Waals surface area (Å²) in [4.78, 5) is 7.30. The van der Waals surface area contributed by atoms with Gasteiger partial charge in [-0.3, -0.25) is 0 Å². The fourth-order valence-electron chi connectivity index (χ4n) is 5.07. The first-order chi connectivity index (χ1) is 14.2. The third-order valence-electron chi connectivity index (χ3n) is 7.29. The van der Waals surface area contributed by atoms with Crippen LogP contribution in [-0.2, 0) is 10.8 Å². The van der Waals surface area contributed by atoms with Gasteiger partial charge in [-0.2, -0.15) is 0 Å². The van der Waals surface area contributed by atoms with Crippen molar-refractivity contribution in [2.24, 2.45) is 0 Å². The number of piperidine rings is 1. The first-order valence-electron chi connectivity index (χ1n) is 11.3. The average molecular weight is 429 g/mol. The maximum atomic E-state index is 9.67. The van der Waals surface area contributed by atoms with Crippen LogP contribution in [0.3, 0.4) is 0 Å². The lowest BCUT2D eigenvalue weighted by Gasteiger charge is -2.42. The number of β-amino-alcohol motifs (C(OH)–C–C–N with tert-alkyl or cyclic N) is 1. The monoisotopic (exact) mass is 428 g/mol. The maximum absolute atomic E-state index is 9.67. The van der Waals surface area contributed by atoms with Crippen LogP contribution in [0.15, 0.2) is 23.6 Å². The van der Waals surface area contributed by atoms with Crippen LogP contribution in [0.5, 0.6) is 0 Å². The number of hydrogen-bond donors (Lipinski definition) is 2. The van der Waals surface area contributed by atoms with E-state index in [0.717, 1.165) is 31.6 Å². The number of rotatable bonds is 5. The quantitative estimate of drug-likeness (QED) is 0.725. The molecule has 2 aliphatic rings. The molecule has 30 heavy (non-hydrogen) atoms. The summed E-state index contributed by atoms with van der Waals surface area (Å²) in [5.41, 5.74) is 5.79. The van der Waals surface area contributed by atoms with Crippen molar-refractivity contribution in [1.29, 1.82) is 0 Å². The number of benzene rings is 1. The summed E-state index contributed by atoms with van der Waals surface area (Å²) in [6.45, 7) is 11.8. The van der Waals surface area contributed by atoms with E-state index in [1.165, 1.54) is 34.5 Å². The van der Waals surface area contributed by atoms with E-state index in [-0.39, 0.29) is 17.4 Å². The highest BCUT2D eigenvalue weighted by Crippen LogP contribution is 2.47. The van der Waals surface area contributed by atoms with Crippen LogP contribution in [-0.4, -0.2) is 52.4 Å². The molecule has 0 saturated carbocycles. The highest BCUT2D eigenvalue weighted by molar-refractivity contribution is 7.10. The van der Waals surface area contributed by atoms with Crippen molar-refractivity contribution in [1.82, 2.24) is 9.88 Å². The van der Waals surface area contributed by atoms with E-state index < -0.39 is 6.10 Å². The standard InChI is InChI=1S/C25H36N2O2S/c1-24(2)9-10-25(3,4)21-13-18(5-6-20(21)24)22-16-30-23(26-22)17-7-11-27(12-8-17)14-19(29)15-28/h5-6,13,16-17,19,28-29H,7-12,14-15H2,1-4H3/t19-/m0/s1. The van der Waals surface area contributed by atoms with Gasteiger partial charge in [0.15, 0.2) is 0 Å². The lowest BCUT2D eigenvalue weighted by molar-refractivity contribution is 0.0513. The maximum Gasteiger partial charge on any atom is 0.0964 e. The van der Waals surface area contributed by atoms with E-state index >= 15 is 0 Å². The Hall–Kier alpha value is -1.27. The minimum absolute atomic E-state index is 0.162. The first-order valence-corrected chi connectivity index (χ1v) is 12.2. The van der Waals surface area contributed by atoms with E-state index in [0.29, 0.717) is 12.5 Å². The van der Waals surface area contributed by atoms with Gasteiger partial charge in [0.2, 0.25) is 0 Å². The molecule has 1 fully saturated rings. The SMILES string of the molecule is CC1(C)CCC(C)(C)c2cc(-c3csc(C4CCN(C[C@H](O)CO)CC4)n3)ccc21. The summed E-state index contributed by atoms with van der Waals surface area (Å²) in [5.74, 6) is 0.499. The predicted octanol–water partition coefficient (Wildman–Crippen LogP) is 4.69. The molecular weight excluding hydrogens is 392 g/mol. The highest BCUT2D eigenvalue weighted by Gasteiger charge is 2.37. The normalized spacial score (nSPS) is 22.6. The molecule has 5 heteroatoms. The van der Waals surface area contributed by atoms with Crippen molar-refractivity contribution in [2.45, 2.75) is 76.2 Å². The van der Waals surface area contributed by atoms with Gasteiger partial charge < -0.3 is 15.1 Å². The Morgan fingerprint density at radius 3 is 2.43 bits per heavy atom. The second-order valence-electron chi connectivity index (χ2n) is 10.5. The van der Waals surface area contributed by atoms with Gasteiger partial charge in [0.05, 0.1) is 23.4 Å². The molecule has 2 aromatic rings. The van der Waals surface area contributed by atoms with Crippen molar-refractivity contribution >= 4 is 11.3 Å². The first kappa shape index (κ1) is 21.9. The Balaban J connectivity index is 1.50. The van der Waals surface area contributed by atoms with E-state index in [9.17, 15) is 5.11 Å². The second kappa shape index (κ2) is 8.34. The van der Waals surface area contributed by atoms with Gasteiger partial charge in [-0.25, -0.2) is 4.98 Å². The topological polar surface area (TPSA) is 56.6 Å². The Morgan fingerprint density at radius 2 is 1.77 bits per heavy atom. The molecule has 0 bridgehead atoms. The van der Waals surface area contributed by atoms with Crippen LogP contribution in [0.4, 0.5) is 0 Å². The van der Waals surface area contributed by atoms with Crippen LogP contribution in [0.1, 0.15) is 75.4 Å². The number of hydrogen-bond acceptors (Lipinski definition) is 5. The average Bonchev–Trinajstić information content (AvgIpc) is 3.22. The predicted molar refractivity (Wildman–Crippen MR) is 124 cm³/mol.